The molecule has 4 N–H and O–H groups in total. The molecule has 1 amide bonds. The molecule has 1 fully saturated rings. The van der Waals surface area contributed by atoms with E-state index in [1.54, 1.807) is 13.8 Å². The third-order valence-corrected chi connectivity index (χ3v) is 6.63. The van der Waals surface area contributed by atoms with Crippen LogP contribution in [0.1, 0.15) is 46.0 Å². The van der Waals surface area contributed by atoms with Gasteiger partial charge >= 0.3 is 0 Å². The Morgan fingerprint density at radius 2 is 1.85 bits per heavy atom. The molecule has 6 nitrogen and oxygen atoms in total. The van der Waals surface area contributed by atoms with Crippen LogP contribution in [-0.4, -0.2) is 33.0 Å². The van der Waals surface area contributed by atoms with Crippen molar-refractivity contribution in [3.05, 3.63) is 30.1 Å². The van der Waals surface area contributed by atoms with Gasteiger partial charge in [0.05, 0.1) is 0 Å². The topological polar surface area (TPSA) is 101 Å². The number of benzene rings is 1. The Morgan fingerprint density at radius 3 is 2.41 bits per heavy atom. The van der Waals surface area contributed by atoms with Gasteiger partial charge in [0, 0.05) is 12.6 Å². The summed E-state index contributed by atoms with van der Waals surface area (Å²) in [6, 6.07) is 3.92. The highest BCUT2D eigenvalue weighted by atomic mass is 32.2. The van der Waals surface area contributed by atoms with Gasteiger partial charge in [-0.1, -0.05) is 45.2 Å². The van der Waals surface area contributed by atoms with Crippen molar-refractivity contribution in [3.63, 3.8) is 0 Å². The number of rotatable bonds is 8. The van der Waals surface area contributed by atoms with Crippen LogP contribution in [0.15, 0.2) is 29.2 Å². The summed E-state index contributed by atoms with van der Waals surface area (Å²) in [4.78, 5) is 12.3. The molecule has 2 rings (SSSR count). The van der Waals surface area contributed by atoms with E-state index in [0.29, 0.717) is 12.5 Å². The fourth-order valence-electron chi connectivity index (χ4n) is 3.56. The number of hydrogen-bond acceptors (Lipinski definition) is 4. The Balaban J connectivity index is 2.13. The molecule has 1 saturated carbocycles. The van der Waals surface area contributed by atoms with Gasteiger partial charge in [-0.05, 0) is 36.8 Å². The van der Waals surface area contributed by atoms with Crippen LogP contribution in [0.25, 0.3) is 0 Å². The second-order valence-corrected chi connectivity index (χ2v) is 9.20. The number of nitrogens with two attached hydrogens (primary N) is 1. The molecular formula is C19H30FN3O3S. The van der Waals surface area contributed by atoms with Gasteiger partial charge in [-0.2, -0.15) is 4.72 Å². The Morgan fingerprint density at radius 1 is 1.22 bits per heavy atom. The Hall–Kier alpha value is -1.51. The minimum atomic E-state index is -4.16. The average molecular weight is 400 g/mol. The number of carbonyl (C=O) groups is 1. The summed E-state index contributed by atoms with van der Waals surface area (Å²) in [6.45, 7) is 3.79. The molecule has 1 aromatic rings. The lowest BCUT2D eigenvalue weighted by atomic mass is 9.83. The minimum Gasteiger partial charge on any atom is -0.350 e. The maximum atomic E-state index is 13.9. The molecule has 0 aliphatic heterocycles. The average Bonchev–Trinajstić information content (AvgIpc) is 2.64. The Bertz CT molecular complexity index is 733. The predicted molar refractivity (Wildman–Crippen MR) is 103 cm³/mol. The molecule has 0 spiro atoms. The molecule has 2 unspecified atom stereocenters. The summed E-state index contributed by atoms with van der Waals surface area (Å²) in [7, 11) is -4.16. The summed E-state index contributed by atoms with van der Waals surface area (Å²) in [5.41, 5.74) is 5.86. The molecule has 1 aromatic carbocycles. The van der Waals surface area contributed by atoms with Crippen molar-refractivity contribution in [2.45, 2.75) is 62.9 Å². The zero-order chi connectivity index (χ0) is 20.0. The second-order valence-electron chi connectivity index (χ2n) is 7.52. The molecular weight excluding hydrogens is 369 g/mol. The molecule has 8 heteroatoms. The number of hydrogen-bond donors (Lipinski definition) is 3. The van der Waals surface area contributed by atoms with Crippen molar-refractivity contribution in [1.82, 2.24) is 10.0 Å². The van der Waals surface area contributed by atoms with Gasteiger partial charge in [0.2, 0.25) is 15.9 Å². The van der Waals surface area contributed by atoms with E-state index in [9.17, 15) is 17.6 Å². The number of sulfonamides is 1. The van der Waals surface area contributed by atoms with E-state index < -0.39 is 32.7 Å². The first-order valence-electron chi connectivity index (χ1n) is 9.53. The molecule has 152 valence electrons. The van der Waals surface area contributed by atoms with Crippen molar-refractivity contribution < 1.29 is 17.6 Å². The van der Waals surface area contributed by atoms with Crippen LogP contribution in [0.5, 0.6) is 0 Å². The molecule has 1 aliphatic rings. The quantitative estimate of drug-likeness (QED) is 0.623. The summed E-state index contributed by atoms with van der Waals surface area (Å²) in [5, 5.41) is 2.92. The summed E-state index contributed by atoms with van der Waals surface area (Å²) >= 11 is 0. The van der Waals surface area contributed by atoms with E-state index >= 15 is 0 Å². The number of carbonyl (C=O) groups excluding carboxylic acids is 1. The van der Waals surface area contributed by atoms with Gasteiger partial charge in [0.1, 0.15) is 16.8 Å². The van der Waals surface area contributed by atoms with Gasteiger partial charge in [0.15, 0.2) is 0 Å². The van der Waals surface area contributed by atoms with Crippen LogP contribution in [-0.2, 0) is 14.8 Å². The summed E-state index contributed by atoms with van der Waals surface area (Å²) < 4.78 is 41.4. The van der Waals surface area contributed by atoms with Crippen LogP contribution in [0, 0.1) is 17.7 Å². The van der Waals surface area contributed by atoms with Gasteiger partial charge < -0.3 is 11.1 Å². The normalized spacial score (nSPS) is 18.3. The summed E-state index contributed by atoms with van der Waals surface area (Å²) in [5.74, 6) is -1.28. The van der Waals surface area contributed by atoms with Crippen LogP contribution >= 0.6 is 0 Å². The lowest BCUT2D eigenvalue weighted by Crippen LogP contribution is -2.55. The zero-order valence-corrected chi connectivity index (χ0v) is 16.8. The number of nitrogens with one attached hydrogen (secondary N) is 2. The standard InChI is InChI=1S/C19H30FN3O3S/c1-13(2)18(23-27(25,26)17-11-7-6-10-15(17)20)19(24)22-16(12-21)14-8-4-3-5-9-14/h6-7,10-11,13-14,16,18,23H,3-5,8-9,12,21H2,1-2H3,(H,22,24). The molecule has 0 aromatic heterocycles. The van der Waals surface area contributed by atoms with Gasteiger partial charge in [-0.25, -0.2) is 12.8 Å². The maximum absolute atomic E-state index is 13.9. The molecule has 2 atom stereocenters. The fraction of sp³-hybridized carbons (Fsp3) is 0.632. The third-order valence-electron chi connectivity index (χ3n) is 5.16. The van der Waals surface area contributed by atoms with E-state index in [-0.39, 0.29) is 12.0 Å². The monoisotopic (exact) mass is 399 g/mol. The Labute approximate surface area is 161 Å². The molecule has 1 aliphatic carbocycles. The third kappa shape index (κ3) is 5.73. The largest absolute Gasteiger partial charge is 0.350 e. The first-order chi connectivity index (χ1) is 12.8. The highest BCUT2D eigenvalue weighted by molar-refractivity contribution is 7.89. The molecule has 0 radical (unpaired) electrons. The van der Waals surface area contributed by atoms with Crippen LogP contribution in [0.3, 0.4) is 0 Å². The van der Waals surface area contributed by atoms with Crippen molar-refractivity contribution >= 4 is 15.9 Å². The van der Waals surface area contributed by atoms with E-state index in [4.69, 9.17) is 5.73 Å². The SMILES string of the molecule is CC(C)C(NS(=O)(=O)c1ccccc1F)C(=O)NC(CN)C1CCCCC1. The van der Waals surface area contributed by atoms with Crippen LogP contribution < -0.4 is 15.8 Å². The fourth-order valence-corrected chi connectivity index (χ4v) is 4.99. The predicted octanol–water partition coefficient (Wildman–Crippen LogP) is 2.15. The van der Waals surface area contributed by atoms with E-state index in [2.05, 4.69) is 10.0 Å². The maximum Gasteiger partial charge on any atom is 0.244 e. The van der Waals surface area contributed by atoms with Gasteiger partial charge in [-0.15, -0.1) is 0 Å². The minimum absolute atomic E-state index is 0.183. The van der Waals surface area contributed by atoms with E-state index in [0.717, 1.165) is 31.7 Å². The summed E-state index contributed by atoms with van der Waals surface area (Å²) in [6.07, 6.45) is 5.44. The van der Waals surface area contributed by atoms with Gasteiger partial charge in [-0.3, -0.25) is 4.79 Å². The van der Waals surface area contributed by atoms with Crippen LogP contribution in [0.2, 0.25) is 0 Å². The number of amides is 1. The van der Waals surface area contributed by atoms with Crippen molar-refractivity contribution in [3.8, 4) is 0 Å². The lowest BCUT2D eigenvalue weighted by molar-refractivity contribution is -0.124. The van der Waals surface area contributed by atoms with Gasteiger partial charge in [0.25, 0.3) is 0 Å². The second kappa shape index (κ2) is 9.61. The van der Waals surface area contributed by atoms with E-state index in [1.807, 2.05) is 0 Å². The lowest BCUT2D eigenvalue weighted by Gasteiger charge is -2.32. The smallest absolute Gasteiger partial charge is 0.244 e. The highest BCUT2D eigenvalue weighted by Crippen LogP contribution is 2.26. The van der Waals surface area contributed by atoms with Crippen molar-refractivity contribution in [2.24, 2.45) is 17.6 Å². The van der Waals surface area contributed by atoms with Crippen molar-refractivity contribution in [1.29, 1.82) is 0 Å². The Kier molecular flexibility index (Phi) is 7.76. The molecule has 0 heterocycles. The molecule has 0 saturated heterocycles. The number of halogens is 1. The first kappa shape index (κ1) is 21.8. The first-order valence-corrected chi connectivity index (χ1v) is 11.0. The highest BCUT2D eigenvalue weighted by Gasteiger charge is 2.32. The van der Waals surface area contributed by atoms with Crippen molar-refractivity contribution in [2.75, 3.05) is 6.54 Å². The van der Waals surface area contributed by atoms with E-state index in [1.165, 1.54) is 24.6 Å². The molecule has 27 heavy (non-hydrogen) atoms. The zero-order valence-electron chi connectivity index (χ0n) is 15.9. The molecule has 0 bridgehead atoms. The van der Waals surface area contributed by atoms with Crippen LogP contribution in [0.4, 0.5) is 4.39 Å².